The molecule has 0 heterocycles. The van der Waals surface area contributed by atoms with Gasteiger partial charge in [0, 0.05) is 0 Å². The molecular formula is C17H21F. The number of rotatable bonds is 3. The first-order chi connectivity index (χ1) is 8.46. The first kappa shape index (κ1) is 13.1. The third-order valence-electron chi connectivity index (χ3n) is 3.58. The highest BCUT2D eigenvalue weighted by molar-refractivity contribution is 5.28. The van der Waals surface area contributed by atoms with Crippen LogP contribution in [0.5, 0.6) is 0 Å². The lowest BCUT2D eigenvalue weighted by atomic mass is 9.83. The minimum absolute atomic E-state index is 0.0956. The topological polar surface area (TPSA) is 0 Å². The van der Waals surface area contributed by atoms with Crippen molar-refractivity contribution in [2.24, 2.45) is 5.41 Å². The quantitative estimate of drug-likeness (QED) is 0.703. The predicted molar refractivity (Wildman–Crippen MR) is 75.1 cm³/mol. The second kappa shape index (κ2) is 5.09. The van der Waals surface area contributed by atoms with Crippen LogP contribution in [0.3, 0.4) is 0 Å². The van der Waals surface area contributed by atoms with Gasteiger partial charge in [0.05, 0.1) is 0 Å². The highest BCUT2D eigenvalue weighted by atomic mass is 19.1. The first-order valence-electron chi connectivity index (χ1n) is 6.60. The van der Waals surface area contributed by atoms with Gasteiger partial charge in [-0.15, -0.1) is 0 Å². The van der Waals surface area contributed by atoms with Crippen LogP contribution in [0.2, 0.25) is 0 Å². The van der Waals surface area contributed by atoms with Crippen molar-refractivity contribution in [3.63, 3.8) is 0 Å². The van der Waals surface area contributed by atoms with Crippen LogP contribution in [-0.2, 0) is 6.42 Å². The molecule has 18 heavy (non-hydrogen) atoms. The number of allylic oxidation sites excluding steroid dienone is 4. The highest BCUT2D eigenvalue weighted by Crippen LogP contribution is 2.29. The summed E-state index contributed by atoms with van der Waals surface area (Å²) in [5.41, 5.74) is 3.46. The summed E-state index contributed by atoms with van der Waals surface area (Å²) < 4.78 is 13.4. The molecule has 0 radical (unpaired) electrons. The van der Waals surface area contributed by atoms with Gasteiger partial charge in [0.2, 0.25) is 0 Å². The standard InChI is InChI=1S/C17H21F/c1-13-4-5-15(12-16(13)18)7-6-14-8-10-17(2,3)11-9-14/h4-5,8-10,12H,6-7,11H2,1-3H3. The van der Waals surface area contributed by atoms with E-state index < -0.39 is 0 Å². The van der Waals surface area contributed by atoms with E-state index in [0.29, 0.717) is 5.41 Å². The molecule has 0 fully saturated rings. The van der Waals surface area contributed by atoms with Gasteiger partial charge >= 0.3 is 0 Å². The van der Waals surface area contributed by atoms with E-state index in [1.54, 1.807) is 13.0 Å². The Bertz CT molecular complexity index is 492. The Morgan fingerprint density at radius 1 is 1.22 bits per heavy atom. The molecule has 0 amide bonds. The molecule has 1 aromatic carbocycles. The molecule has 0 unspecified atom stereocenters. The zero-order chi connectivity index (χ0) is 13.2. The third-order valence-corrected chi connectivity index (χ3v) is 3.58. The van der Waals surface area contributed by atoms with Crippen molar-refractivity contribution >= 4 is 0 Å². The van der Waals surface area contributed by atoms with Crippen LogP contribution >= 0.6 is 0 Å². The van der Waals surface area contributed by atoms with E-state index in [0.717, 1.165) is 30.4 Å². The summed E-state index contributed by atoms with van der Waals surface area (Å²) >= 11 is 0. The minimum atomic E-state index is -0.0956. The molecule has 1 aromatic rings. The highest BCUT2D eigenvalue weighted by Gasteiger charge is 2.15. The fourth-order valence-corrected chi connectivity index (χ4v) is 2.13. The minimum Gasteiger partial charge on any atom is -0.207 e. The summed E-state index contributed by atoms with van der Waals surface area (Å²) in [6.07, 6.45) is 9.81. The second-order valence-electron chi connectivity index (χ2n) is 5.89. The van der Waals surface area contributed by atoms with Crippen molar-refractivity contribution in [3.8, 4) is 0 Å². The Hall–Kier alpha value is -1.37. The van der Waals surface area contributed by atoms with Crippen LogP contribution in [-0.4, -0.2) is 0 Å². The summed E-state index contributed by atoms with van der Waals surface area (Å²) in [6.45, 7) is 6.28. The summed E-state index contributed by atoms with van der Waals surface area (Å²) in [5, 5.41) is 0. The average molecular weight is 244 g/mol. The van der Waals surface area contributed by atoms with Gasteiger partial charge in [-0.3, -0.25) is 0 Å². The van der Waals surface area contributed by atoms with E-state index in [2.05, 4.69) is 32.1 Å². The molecule has 0 saturated heterocycles. The Balaban J connectivity index is 1.95. The third kappa shape index (κ3) is 3.32. The zero-order valence-electron chi connectivity index (χ0n) is 11.5. The smallest absolute Gasteiger partial charge is 0.126 e. The van der Waals surface area contributed by atoms with Gasteiger partial charge in [0.15, 0.2) is 0 Å². The van der Waals surface area contributed by atoms with Gasteiger partial charge in [-0.1, -0.05) is 49.8 Å². The molecular weight excluding hydrogens is 223 g/mol. The number of hydrogen-bond acceptors (Lipinski definition) is 0. The average Bonchev–Trinajstić information content (AvgIpc) is 2.32. The predicted octanol–water partition coefficient (Wildman–Crippen LogP) is 4.98. The zero-order valence-corrected chi connectivity index (χ0v) is 11.5. The summed E-state index contributed by atoms with van der Waals surface area (Å²) in [5.74, 6) is -0.0956. The van der Waals surface area contributed by atoms with Crippen LogP contribution in [0.1, 0.15) is 37.8 Å². The molecule has 0 nitrogen and oxygen atoms in total. The molecule has 96 valence electrons. The lowest BCUT2D eigenvalue weighted by Gasteiger charge is -2.22. The summed E-state index contributed by atoms with van der Waals surface area (Å²) in [7, 11) is 0. The number of aryl methyl sites for hydroxylation is 2. The number of halogens is 1. The van der Waals surface area contributed by atoms with Crippen LogP contribution < -0.4 is 0 Å². The maximum absolute atomic E-state index is 13.4. The van der Waals surface area contributed by atoms with Gasteiger partial charge in [0.1, 0.15) is 5.82 Å². The molecule has 1 aliphatic rings. The van der Waals surface area contributed by atoms with Crippen LogP contribution in [0, 0.1) is 18.2 Å². The number of benzene rings is 1. The Morgan fingerprint density at radius 3 is 2.61 bits per heavy atom. The molecule has 0 N–H and O–H groups in total. The van der Waals surface area contributed by atoms with Gasteiger partial charge in [-0.25, -0.2) is 4.39 Å². The molecule has 0 bridgehead atoms. The normalized spacial score (nSPS) is 17.7. The number of hydrogen-bond donors (Lipinski definition) is 0. The van der Waals surface area contributed by atoms with Crippen molar-refractivity contribution in [3.05, 3.63) is 58.9 Å². The Morgan fingerprint density at radius 2 is 2.00 bits per heavy atom. The Kier molecular flexibility index (Phi) is 3.70. The largest absolute Gasteiger partial charge is 0.207 e. The molecule has 0 saturated carbocycles. The van der Waals surface area contributed by atoms with Crippen molar-refractivity contribution in [1.29, 1.82) is 0 Å². The van der Waals surface area contributed by atoms with Crippen molar-refractivity contribution < 1.29 is 4.39 Å². The van der Waals surface area contributed by atoms with Crippen molar-refractivity contribution in [2.45, 2.75) is 40.0 Å². The van der Waals surface area contributed by atoms with Gasteiger partial charge < -0.3 is 0 Å². The van der Waals surface area contributed by atoms with E-state index in [4.69, 9.17) is 0 Å². The molecule has 0 aliphatic heterocycles. The molecule has 0 spiro atoms. The van der Waals surface area contributed by atoms with Gasteiger partial charge in [-0.05, 0) is 48.8 Å². The lowest BCUT2D eigenvalue weighted by molar-refractivity contribution is 0.480. The molecule has 0 aromatic heterocycles. The van der Waals surface area contributed by atoms with Crippen molar-refractivity contribution in [2.75, 3.05) is 0 Å². The molecule has 0 atom stereocenters. The monoisotopic (exact) mass is 244 g/mol. The van der Waals surface area contributed by atoms with E-state index in [1.165, 1.54) is 5.57 Å². The second-order valence-corrected chi connectivity index (χ2v) is 5.89. The van der Waals surface area contributed by atoms with E-state index in [9.17, 15) is 4.39 Å². The lowest BCUT2D eigenvalue weighted by Crippen LogP contribution is -2.09. The van der Waals surface area contributed by atoms with Crippen LogP contribution in [0.15, 0.2) is 42.0 Å². The van der Waals surface area contributed by atoms with Gasteiger partial charge in [-0.2, -0.15) is 0 Å². The summed E-state index contributed by atoms with van der Waals surface area (Å²) in [4.78, 5) is 0. The van der Waals surface area contributed by atoms with Crippen LogP contribution in [0.25, 0.3) is 0 Å². The fourth-order valence-electron chi connectivity index (χ4n) is 2.13. The van der Waals surface area contributed by atoms with Crippen LogP contribution in [0.4, 0.5) is 4.39 Å². The SMILES string of the molecule is Cc1ccc(CCC2=CCC(C)(C)C=C2)cc1F. The Labute approximate surface area is 109 Å². The maximum atomic E-state index is 13.4. The van der Waals surface area contributed by atoms with E-state index >= 15 is 0 Å². The maximum Gasteiger partial charge on any atom is 0.126 e. The first-order valence-corrected chi connectivity index (χ1v) is 6.60. The molecule has 1 aliphatic carbocycles. The van der Waals surface area contributed by atoms with E-state index in [-0.39, 0.29) is 5.82 Å². The van der Waals surface area contributed by atoms with E-state index in [1.807, 2.05) is 12.1 Å². The van der Waals surface area contributed by atoms with Gasteiger partial charge in [0.25, 0.3) is 0 Å². The molecule has 2 rings (SSSR count). The molecule has 1 heteroatoms. The summed E-state index contributed by atoms with van der Waals surface area (Å²) in [6, 6.07) is 5.54. The van der Waals surface area contributed by atoms with Crippen molar-refractivity contribution in [1.82, 2.24) is 0 Å². The fraction of sp³-hybridized carbons (Fsp3) is 0.412.